The van der Waals surface area contributed by atoms with E-state index in [1.807, 2.05) is 44.2 Å². The Kier molecular flexibility index (Phi) is 9.08. The van der Waals surface area contributed by atoms with Crippen molar-refractivity contribution in [3.63, 3.8) is 0 Å². The highest BCUT2D eigenvalue weighted by molar-refractivity contribution is 6.42. The van der Waals surface area contributed by atoms with E-state index < -0.39 is 6.04 Å². The Morgan fingerprint density at radius 1 is 0.882 bits per heavy atom. The number of hydrogen-bond donors (Lipinski definition) is 1. The molecule has 1 atom stereocenters. The average Bonchev–Trinajstić information content (AvgIpc) is 2.80. The highest BCUT2D eigenvalue weighted by Crippen LogP contribution is 2.24. The Hall–Kier alpha value is -2.89. The summed E-state index contributed by atoms with van der Waals surface area (Å²) >= 11 is 12.2. The molecule has 0 spiro atoms. The third-order valence-electron chi connectivity index (χ3n) is 5.31. The van der Waals surface area contributed by atoms with Crippen molar-refractivity contribution in [1.29, 1.82) is 0 Å². The van der Waals surface area contributed by atoms with Gasteiger partial charge in [-0.25, -0.2) is 4.39 Å². The minimum Gasteiger partial charge on any atom is -0.352 e. The van der Waals surface area contributed by atoms with E-state index in [0.29, 0.717) is 22.0 Å². The quantitative estimate of drug-likeness (QED) is 0.401. The number of rotatable bonds is 9. The van der Waals surface area contributed by atoms with E-state index in [2.05, 4.69) is 5.32 Å². The van der Waals surface area contributed by atoms with Crippen molar-refractivity contribution in [3.8, 4) is 0 Å². The van der Waals surface area contributed by atoms with E-state index >= 15 is 0 Å². The summed E-state index contributed by atoms with van der Waals surface area (Å²) in [5.41, 5.74) is 2.34. The van der Waals surface area contributed by atoms with Gasteiger partial charge < -0.3 is 10.2 Å². The van der Waals surface area contributed by atoms with Crippen molar-refractivity contribution in [1.82, 2.24) is 10.2 Å². The first kappa shape index (κ1) is 25.7. The van der Waals surface area contributed by atoms with E-state index in [1.165, 1.54) is 12.1 Å². The van der Waals surface area contributed by atoms with Crippen LogP contribution in [-0.2, 0) is 29.0 Å². The number of amides is 2. The third-order valence-corrected chi connectivity index (χ3v) is 6.05. The molecule has 0 bridgehead atoms. The van der Waals surface area contributed by atoms with Crippen molar-refractivity contribution in [2.75, 3.05) is 0 Å². The fourth-order valence-corrected chi connectivity index (χ4v) is 3.97. The van der Waals surface area contributed by atoms with Crippen molar-refractivity contribution >= 4 is 35.0 Å². The second-order valence-corrected chi connectivity index (χ2v) is 9.26. The normalized spacial score (nSPS) is 11.8. The van der Waals surface area contributed by atoms with Crippen molar-refractivity contribution in [3.05, 3.63) is 105 Å². The van der Waals surface area contributed by atoms with Crippen LogP contribution in [0.2, 0.25) is 10.0 Å². The van der Waals surface area contributed by atoms with Gasteiger partial charge in [-0.15, -0.1) is 0 Å². The molecule has 0 unspecified atom stereocenters. The maximum absolute atomic E-state index is 13.6. The molecule has 0 aliphatic carbocycles. The monoisotopic (exact) mass is 500 g/mol. The van der Waals surface area contributed by atoms with Crippen LogP contribution in [0.5, 0.6) is 0 Å². The molecule has 178 valence electrons. The van der Waals surface area contributed by atoms with Gasteiger partial charge in [-0.3, -0.25) is 9.59 Å². The molecule has 3 rings (SSSR count). The molecule has 4 nitrogen and oxygen atoms in total. The van der Waals surface area contributed by atoms with Crippen LogP contribution in [0.4, 0.5) is 4.39 Å². The van der Waals surface area contributed by atoms with E-state index in [-0.39, 0.29) is 36.6 Å². The topological polar surface area (TPSA) is 49.4 Å². The maximum Gasteiger partial charge on any atom is 0.243 e. The summed E-state index contributed by atoms with van der Waals surface area (Å²) in [5.74, 6) is -0.859. The molecule has 7 heteroatoms. The molecule has 0 heterocycles. The van der Waals surface area contributed by atoms with Crippen LogP contribution in [0.3, 0.4) is 0 Å². The molecule has 0 aliphatic heterocycles. The number of carbonyl (C=O) groups excluding carboxylic acids is 2. The molecule has 0 aromatic heterocycles. The van der Waals surface area contributed by atoms with E-state index in [0.717, 1.165) is 11.1 Å². The number of carbonyl (C=O) groups is 2. The average molecular weight is 501 g/mol. The number of halogens is 3. The van der Waals surface area contributed by atoms with Crippen LogP contribution in [-0.4, -0.2) is 28.8 Å². The molecule has 0 saturated carbocycles. The molecule has 2 amide bonds. The molecule has 3 aromatic rings. The van der Waals surface area contributed by atoms with Gasteiger partial charge in [-0.2, -0.15) is 0 Å². The third kappa shape index (κ3) is 7.31. The zero-order chi connectivity index (χ0) is 24.7. The highest BCUT2D eigenvalue weighted by atomic mass is 35.5. The first-order valence-corrected chi connectivity index (χ1v) is 11.8. The lowest BCUT2D eigenvalue weighted by atomic mass is 10.0. The second kappa shape index (κ2) is 12.0. The van der Waals surface area contributed by atoms with Gasteiger partial charge in [0.1, 0.15) is 11.9 Å². The van der Waals surface area contributed by atoms with Crippen LogP contribution in [0.15, 0.2) is 72.8 Å². The first-order chi connectivity index (χ1) is 16.2. The number of benzene rings is 3. The van der Waals surface area contributed by atoms with Gasteiger partial charge in [-0.05, 0) is 54.8 Å². The van der Waals surface area contributed by atoms with Crippen LogP contribution in [0, 0.1) is 5.82 Å². The molecule has 3 aromatic carbocycles. The van der Waals surface area contributed by atoms with E-state index in [1.54, 1.807) is 35.2 Å². The summed E-state index contributed by atoms with van der Waals surface area (Å²) in [4.78, 5) is 28.4. The van der Waals surface area contributed by atoms with Gasteiger partial charge in [-0.1, -0.05) is 71.7 Å². The molecular weight excluding hydrogens is 474 g/mol. The lowest BCUT2D eigenvalue weighted by Crippen LogP contribution is -2.52. The number of hydrogen-bond acceptors (Lipinski definition) is 2. The van der Waals surface area contributed by atoms with Crippen molar-refractivity contribution in [2.45, 2.75) is 45.3 Å². The van der Waals surface area contributed by atoms with Gasteiger partial charge in [0.2, 0.25) is 11.8 Å². The fraction of sp³-hybridized carbons (Fsp3) is 0.259. The predicted octanol–water partition coefficient (Wildman–Crippen LogP) is 5.84. The summed E-state index contributed by atoms with van der Waals surface area (Å²) in [5, 5.41) is 3.70. The van der Waals surface area contributed by atoms with Gasteiger partial charge in [0, 0.05) is 19.0 Å². The zero-order valence-electron chi connectivity index (χ0n) is 19.1. The van der Waals surface area contributed by atoms with Crippen LogP contribution in [0.1, 0.15) is 30.5 Å². The molecular formula is C27H27Cl2FN2O2. The largest absolute Gasteiger partial charge is 0.352 e. The van der Waals surface area contributed by atoms with Crippen LogP contribution < -0.4 is 5.32 Å². The van der Waals surface area contributed by atoms with E-state index in [4.69, 9.17) is 23.2 Å². The maximum atomic E-state index is 13.6. The molecule has 0 fully saturated rings. The van der Waals surface area contributed by atoms with Crippen molar-refractivity contribution in [2.24, 2.45) is 0 Å². The Labute approximate surface area is 209 Å². The summed E-state index contributed by atoms with van der Waals surface area (Å²) in [6, 6.07) is 19.7. The summed E-state index contributed by atoms with van der Waals surface area (Å²) in [6.45, 7) is 3.90. The van der Waals surface area contributed by atoms with Crippen molar-refractivity contribution < 1.29 is 14.0 Å². The zero-order valence-corrected chi connectivity index (χ0v) is 20.6. The van der Waals surface area contributed by atoms with Gasteiger partial charge in [0.25, 0.3) is 0 Å². The summed E-state index contributed by atoms with van der Waals surface area (Å²) < 4.78 is 13.5. The standard InChI is InChI=1S/C27H27Cl2FN2O2/c1-18(2)31-27(34)25(15-19-6-4-3-5-7-19)32(17-20-8-11-22(30)12-9-20)26(33)16-21-10-13-23(28)24(29)14-21/h3-14,18,25H,15-17H2,1-2H3,(H,31,34)/t25-/m0/s1. The minimum atomic E-state index is -0.759. The Bertz CT molecular complexity index is 1120. The molecule has 1 N–H and O–H groups in total. The summed E-state index contributed by atoms with van der Waals surface area (Å²) in [6.07, 6.45) is 0.381. The Balaban J connectivity index is 1.97. The van der Waals surface area contributed by atoms with E-state index in [9.17, 15) is 14.0 Å². The smallest absolute Gasteiger partial charge is 0.243 e. The lowest BCUT2D eigenvalue weighted by molar-refractivity contribution is -0.141. The van der Waals surface area contributed by atoms with Crippen LogP contribution in [0.25, 0.3) is 0 Å². The van der Waals surface area contributed by atoms with Gasteiger partial charge >= 0.3 is 0 Å². The lowest BCUT2D eigenvalue weighted by Gasteiger charge is -2.32. The SMILES string of the molecule is CC(C)NC(=O)[C@H](Cc1ccccc1)N(Cc1ccc(F)cc1)C(=O)Cc1ccc(Cl)c(Cl)c1. The summed E-state index contributed by atoms with van der Waals surface area (Å²) in [7, 11) is 0. The van der Waals surface area contributed by atoms with Gasteiger partial charge in [0.15, 0.2) is 0 Å². The number of nitrogens with zero attached hydrogens (tertiary/aromatic N) is 1. The fourth-order valence-electron chi connectivity index (χ4n) is 3.65. The van der Waals surface area contributed by atoms with Gasteiger partial charge in [0.05, 0.1) is 16.5 Å². The molecule has 34 heavy (non-hydrogen) atoms. The van der Waals surface area contributed by atoms with Crippen LogP contribution >= 0.6 is 23.2 Å². The second-order valence-electron chi connectivity index (χ2n) is 8.44. The highest BCUT2D eigenvalue weighted by Gasteiger charge is 2.30. The molecule has 0 radical (unpaired) electrons. The molecule has 0 saturated heterocycles. The first-order valence-electron chi connectivity index (χ1n) is 11.0. The minimum absolute atomic E-state index is 0.0400. The Morgan fingerprint density at radius 3 is 2.15 bits per heavy atom. The molecule has 0 aliphatic rings. The Morgan fingerprint density at radius 2 is 1.53 bits per heavy atom. The number of nitrogens with one attached hydrogen (secondary N) is 1. The predicted molar refractivity (Wildman–Crippen MR) is 134 cm³/mol.